The molecule has 0 bridgehead atoms. The number of amides is 1. The van der Waals surface area contributed by atoms with Gasteiger partial charge in [-0.2, -0.15) is 4.68 Å². The van der Waals surface area contributed by atoms with Gasteiger partial charge in [-0.05, 0) is 30.3 Å². The van der Waals surface area contributed by atoms with E-state index < -0.39 is 16.9 Å². The molecule has 9 heteroatoms. The summed E-state index contributed by atoms with van der Waals surface area (Å²) < 4.78 is 16.2. The third-order valence-corrected chi connectivity index (χ3v) is 4.73. The minimum absolute atomic E-state index is 0.0375. The van der Waals surface area contributed by atoms with E-state index in [9.17, 15) is 14.4 Å². The number of aldehydes is 1. The predicted octanol–water partition coefficient (Wildman–Crippen LogP) is 3.49. The van der Waals surface area contributed by atoms with Crippen molar-refractivity contribution in [2.45, 2.75) is 27.3 Å². The summed E-state index contributed by atoms with van der Waals surface area (Å²) in [6.07, 6.45) is 0.682. The van der Waals surface area contributed by atoms with Crippen LogP contribution in [-0.4, -0.2) is 27.0 Å². The van der Waals surface area contributed by atoms with Gasteiger partial charge in [0.15, 0.2) is 5.82 Å². The number of nitrogens with one attached hydrogen (secondary N) is 2. The van der Waals surface area contributed by atoms with Crippen molar-refractivity contribution in [3.8, 4) is 17.1 Å². The minimum atomic E-state index is -0.686. The maximum atomic E-state index is 15.2. The highest BCUT2D eigenvalue weighted by Gasteiger charge is 2.23. The fourth-order valence-electron chi connectivity index (χ4n) is 2.70. The summed E-state index contributed by atoms with van der Waals surface area (Å²) in [6, 6.07) is 9.12. The zero-order valence-corrected chi connectivity index (χ0v) is 17.4. The molecular weight excluding hydrogens is 411 g/mol. The van der Waals surface area contributed by atoms with Crippen LogP contribution in [0.15, 0.2) is 41.2 Å². The minimum Gasteiger partial charge on any atom is -0.351 e. The molecule has 0 radical (unpaired) electrons. The second-order valence-corrected chi connectivity index (χ2v) is 8.14. The zero-order valence-electron chi connectivity index (χ0n) is 16.6. The standard InChI is InChI=1S/C21H20ClFN4O3/c1-21(2,3)19(29)24-10-13-6-9-15(22)16(17(13)23)18-25-20(30)27(26-18)14-7-4-12(11-28)5-8-14/h4-9,11H,10H2,1-3H3,(H,24,29)(H,25,26,30). The number of aromatic nitrogens is 3. The number of aromatic amines is 1. The van der Waals surface area contributed by atoms with Crippen LogP contribution >= 0.6 is 11.6 Å². The average Bonchev–Trinajstić information content (AvgIpc) is 3.07. The highest BCUT2D eigenvalue weighted by molar-refractivity contribution is 6.33. The Morgan fingerprint density at radius 1 is 1.23 bits per heavy atom. The number of carbonyl (C=O) groups is 2. The molecule has 0 aliphatic carbocycles. The fraction of sp³-hybridized carbons (Fsp3) is 0.238. The third kappa shape index (κ3) is 4.33. The first kappa shape index (κ1) is 21.4. The van der Waals surface area contributed by atoms with Crippen LogP contribution < -0.4 is 11.0 Å². The number of hydrogen-bond donors (Lipinski definition) is 2. The van der Waals surface area contributed by atoms with Crippen molar-refractivity contribution in [2.24, 2.45) is 5.41 Å². The van der Waals surface area contributed by atoms with Crippen LogP contribution in [0.1, 0.15) is 36.7 Å². The first-order valence-electron chi connectivity index (χ1n) is 9.12. The van der Waals surface area contributed by atoms with Crippen LogP contribution in [-0.2, 0) is 11.3 Å². The quantitative estimate of drug-likeness (QED) is 0.605. The summed E-state index contributed by atoms with van der Waals surface area (Å²) in [5.41, 5.74) is -0.224. The van der Waals surface area contributed by atoms with Crippen molar-refractivity contribution in [3.05, 3.63) is 68.8 Å². The van der Waals surface area contributed by atoms with E-state index in [1.165, 1.54) is 24.3 Å². The summed E-state index contributed by atoms with van der Waals surface area (Å²) in [7, 11) is 0. The smallest absolute Gasteiger partial charge is 0.348 e. The largest absolute Gasteiger partial charge is 0.351 e. The molecule has 30 heavy (non-hydrogen) atoms. The summed E-state index contributed by atoms with van der Waals surface area (Å²) >= 11 is 6.18. The van der Waals surface area contributed by atoms with Gasteiger partial charge in [-0.25, -0.2) is 9.18 Å². The van der Waals surface area contributed by atoms with E-state index in [1.54, 1.807) is 32.9 Å². The molecule has 3 aromatic rings. The first-order valence-corrected chi connectivity index (χ1v) is 9.50. The van der Waals surface area contributed by atoms with Gasteiger partial charge in [0, 0.05) is 23.1 Å². The molecule has 0 spiro atoms. The molecule has 0 unspecified atom stereocenters. The predicted molar refractivity (Wildman–Crippen MR) is 111 cm³/mol. The van der Waals surface area contributed by atoms with Crippen molar-refractivity contribution < 1.29 is 14.0 Å². The lowest BCUT2D eigenvalue weighted by molar-refractivity contribution is -0.128. The summed E-state index contributed by atoms with van der Waals surface area (Å²) in [5, 5.41) is 6.90. The van der Waals surface area contributed by atoms with E-state index in [4.69, 9.17) is 11.6 Å². The molecule has 0 saturated carbocycles. The van der Waals surface area contributed by atoms with Gasteiger partial charge >= 0.3 is 5.69 Å². The normalized spacial score (nSPS) is 11.4. The van der Waals surface area contributed by atoms with Gasteiger partial charge in [0.2, 0.25) is 5.91 Å². The lowest BCUT2D eigenvalue weighted by Crippen LogP contribution is -2.34. The van der Waals surface area contributed by atoms with E-state index in [0.29, 0.717) is 17.5 Å². The molecule has 2 aromatic carbocycles. The average molecular weight is 431 g/mol. The lowest BCUT2D eigenvalue weighted by atomic mass is 9.95. The molecule has 0 fully saturated rings. The molecule has 0 aliphatic heterocycles. The fourth-order valence-corrected chi connectivity index (χ4v) is 2.93. The second-order valence-electron chi connectivity index (χ2n) is 7.73. The molecule has 7 nitrogen and oxygen atoms in total. The Kier molecular flexibility index (Phi) is 5.89. The molecule has 0 saturated heterocycles. The Morgan fingerprint density at radius 3 is 2.50 bits per heavy atom. The van der Waals surface area contributed by atoms with Gasteiger partial charge in [0.25, 0.3) is 0 Å². The maximum absolute atomic E-state index is 15.2. The molecular formula is C21H20ClFN4O3. The summed E-state index contributed by atoms with van der Waals surface area (Å²) in [4.78, 5) is 37.7. The van der Waals surface area contributed by atoms with Crippen LogP contribution in [0.25, 0.3) is 17.1 Å². The van der Waals surface area contributed by atoms with E-state index in [-0.39, 0.29) is 34.4 Å². The molecule has 1 amide bonds. The van der Waals surface area contributed by atoms with Crippen molar-refractivity contribution in [1.82, 2.24) is 20.1 Å². The van der Waals surface area contributed by atoms with Crippen LogP contribution in [0.2, 0.25) is 5.02 Å². The van der Waals surface area contributed by atoms with Crippen molar-refractivity contribution >= 4 is 23.8 Å². The number of rotatable bonds is 5. The molecule has 0 aliphatic rings. The van der Waals surface area contributed by atoms with Crippen molar-refractivity contribution in [1.29, 1.82) is 0 Å². The van der Waals surface area contributed by atoms with Crippen molar-refractivity contribution in [2.75, 3.05) is 0 Å². The Labute approximate surface area is 176 Å². The number of H-pyrrole nitrogens is 1. The number of benzene rings is 2. The van der Waals surface area contributed by atoms with Gasteiger partial charge in [0.05, 0.1) is 16.3 Å². The van der Waals surface area contributed by atoms with Gasteiger partial charge in [-0.3, -0.25) is 14.6 Å². The van der Waals surface area contributed by atoms with E-state index in [0.717, 1.165) is 4.68 Å². The van der Waals surface area contributed by atoms with Crippen LogP contribution in [0, 0.1) is 11.2 Å². The number of halogens is 2. The molecule has 156 valence electrons. The molecule has 3 rings (SSSR count). The monoisotopic (exact) mass is 430 g/mol. The summed E-state index contributed by atoms with van der Waals surface area (Å²) in [5.74, 6) is -0.963. The first-order chi connectivity index (χ1) is 14.1. The maximum Gasteiger partial charge on any atom is 0.348 e. The lowest BCUT2D eigenvalue weighted by Gasteiger charge is -2.18. The number of hydrogen-bond acceptors (Lipinski definition) is 4. The van der Waals surface area contributed by atoms with Gasteiger partial charge in [0.1, 0.15) is 12.1 Å². The Hall–Kier alpha value is -3.26. The molecule has 1 heterocycles. The van der Waals surface area contributed by atoms with Gasteiger partial charge in [-0.1, -0.05) is 38.4 Å². The number of carbonyl (C=O) groups excluding carboxylic acids is 2. The topological polar surface area (TPSA) is 96.8 Å². The van der Waals surface area contributed by atoms with Crippen LogP contribution in [0.3, 0.4) is 0 Å². The van der Waals surface area contributed by atoms with Gasteiger partial charge in [-0.15, -0.1) is 5.10 Å². The number of nitrogens with zero attached hydrogens (tertiary/aromatic N) is 2. The Morgan fingerprint density at radius 2 is 1.90 bits per heavy atom. The third-order valence-electron chi connectivity index (χ3n) is 4.42. The molecule has 2 N–H and O–H groups in total. The van der Waals surface area contributed by atoms with Crippen LogP contribution in [0.4, 0.5) is 4.39 Å². The Bertz CT molecular complexity index is 1160. The highest BCUT2D eigenvalue weighted by Crippen LogP contribution is 2.30. The SMILES string of the molecule is CC(C)(C)C(=O)NCc1ccc(Cl)c(-c2nn(-c3ccc(C=O)cc3)c(=O)[nH]2)c1F. The molecule has 0 atom stereocenters. The second kappa shape index (κ2) is 8.23. The summed E-state index contributed by atoms with van der Waals surface area (Å²) in [6.45, 7) is 5.23. The van der Waals surface area contributed by atoms with Crippen LogP contribution in [0.5, 0.6) is 0 Å². The van der Waals surface area contributed by atoms with E-state index >= 15 is 4.39 Å². The highest BCUT2D eigenvalue weighted by atomic mass is 35.5. The molecule has 1 aromatic heterocycles. The van der Waals surface area contributed by atoms with E-state index in [2.05, 4.69) is 15.4 Å². The van der Waals surface area contributed by atoms with Crippen molar-refractivity contribution in [3.63, 3.8) is 0 Å². The van der Waals surface area contributed by atoms with E-state index in [1.807, 2.05) is 0 Å². The zero-order chi connectivity index (χ0) is 22.1. The van der Waals surface area contributed by atoms with Gasteiger partial charge < -0.3 is 5.32 Å². The Balaban J connectivity index is 1.97.